The highest BCUT2D eigenvalue weighted by molar-refractivity contribution is 5.99. The molecule has 8 nitrogen and oxygen atoms in total. The first-order valence-corrected chi connectivity index (χ1v) is 12.8. The number of ether oxygens (including phenoxy) is 2. The van der Waals surface area contributed by atoms with E-state index in [0.29, 0.717) is 13.0 Å². The Kier molecular flexibility index (Phi) is 6.68. The molecule has 0 aromatic heterocycles. The number of esters is 1. The van der Waals surface area contributed by atoms with E-state index in [4.69, 9.17) is 9.47 Å². The van der Waals surface area contributed by atoms with E-state index in [1.54, 1.807) is 6.92 Å². The number of nitrogens with zero attached hydrogens (tertiary/aromatic N) is 2. The number of hydrogen-bond acceptors (Lipinski definition) is 6. The molecular formula is C27H40N2O6. The molecule has 4 aliphatic heterocycles. The zero-order valence-corrected chi connectivity index (χ0v) is 21.8. The van der Waals surface area contributed by atoms with Gasteiger partial charge in [0, 0.05) is 12.1 Å². The van der Waals surface area contributed by atoms with Gasteiger partial charge in [0.2, 0.25) is 11.8 Å². The average Bonchev–Trinajstić information content (AvgIpc) is 3.16. The minimum Gasteiger partial charge on any atom is -0.465 e. The number of allylic oxidation sites excluding steroid dienone is 1. The number of cyclic esters (lactones) is 1. The van der Waals surface area contributed by atoms with Gasteiger partial charge in [-0.25, -0.2) is 0 Å². The molecule has 2 amide bonds. The van der Waals surface area contributed by atoms with E-state index >= 15 is 0 Å². The lowest BCUT2D eigenvalue weighted by atomic mass is 9.77. The summed E-state index contributed by atoms with van der Waals surface area (Å²) < 4.78 is 12.1. The minimum atomic E-state index is -1.30. The predicted octanol–water partition coefficient (Wildman–Crippen LogP) is 2.45. The Balaban J connectivity index is 1.83. The Labute approximate surface area is 208 Å². The smallest absolute Gasteiger partial charge is 0.312 e. The van der Waals surface area contributed by atoms with Gasteiger partial charge in [0.1, 0.15) is 17.6 Å². The molecule has 0 bridgehead atoms. The molecule has 4 rings (SSSR count). The third-order valence-corrected chi connectivity index (χ3v) is 7.72. The second kappa shape index (κ2) is 9.04. The lowest BCUT2D eigenvalue weighted by Gasteiger charge is -2.45. The van der Waals surface area contributed by atoms with Gasteiger partial charge in [-0.05, 0) is 45.4 Å². The molecule has 2 fully saturated rings. The number of carbonyl (C=O) groups excluding carboxylic acids is 3. The van der Waals surface area contributed by atoms with Gasteiger partial charge in [-0.3, -0.25) is 14.4 Å². The highest BCUT2D eigenvalue weighted by atomic mass is 16.6. The van der Waals surface area contributed by atoms with Gasteiger partial charge in [0.25, 0.3) is 0 Å². The maximum atomic E-state index is 14.3. The molecule has 6 atom stereocenters. The zero-order chi connectivity index (χ0) is 25.8. The average molecular weight is 489 g/mol. The number of rotatable bonds is 4. The van der Waals surface area contributed by atoms with Crippen molar-refractivity contribution in [3.05, 3.63) is 24.3 Å². The molecule has 0 aromatic rings. The van der Waals surface area contributed by atoms with Crippen LogP contribution in [0.25, 0.3) is 0 Å². The summed E-state index contributed by atoms with van der Waals surface area (Å²) in [4.78, 5) is 44.8. The van der Waals surface area contributed by atoms with Gasteiger partial charge in [0.15, 0.2) is 0 Å². The van der Waals surface area contributed by atoms with E-state index in [2.05, 4.69) is 20.8 Å². The van der Waals surface area contributed by atoms with Crippen molar-refractivity contribution in [3.63, 3.8) is 0 Å². The number of aliphatic hydroxyl groups is 1. The SMILES string of the molecule is C[C@H](CO)N1C(=O)[C@@H]2[C@@H]3C(=O)OCCC/C=C\[C@@H]3O[C@@]23C=CCN(C(C)(C)CC(C)(C)C)C(=O)C13. The van der Waals surface area contributed by atoms with Crippen LogP contribution in [0.2, 0.25) is 0 Å². The van der Waals surface area contributed by atoms with E-state index in [1.807, 2.05) is 43.1 Å². The van der Waals surface area contributed by atoms with E-state index in [0.717, 1.165) is 12.8 Å². The van der Waals surface area contributed by atoms with Gasteiger partial charge in [-0.1, -0.05) is 45.1 Å². The van der Waals surface area contributed by atoms with E-state index in [1.165, 1.54) is 4.90 Å². The van der Waals surface area contributed by atoms with Crippen molar-refractivity contribution in [2.45, 2.75) is 90.1 Å². The summed E-state index contributed by atoms with van der Waals surface area (Å²) in [5.74, 6) is -2.77. The summed E-state index contributed by atoms with van der Waals surface area (Å²) in [6.45, 7) is 12.6. The summed E-state index contributed by atoms with van der Waals surface area (Å²) in [7, 11) is 0. The number of amides is 2. The molecule has 8 heteroatoms. The lowest BCUT2D eigenvalue weighted by molar-refractivity contribution is -0.157. The molecule has 0 aliphatic carbocycles. The molecule has 35 heavy (non-hydrogen) atoms. The summed E-state index contributed by atoms with van der Waals surface area (Å²) in [6, 6.07) is -1.58. The molecule has 4 heterocycles. The summed E-state index contributed by atoms with van der Waals surface area (Å²) in [5, 5.41) is 10.0. The molecule has 1 unspecified atom stereocenters. The molecular weight excluding hydrogens is 448 g/mol. The maximum absolute atomic E-state index is 14.3. The fraction of sp³-hybridized carbons (Fsp3) is 0.741. The van der Waals surface area contributed by atoms with Crippen molar-refractivity contribution < 1.29 is 29.0 Å². The Hall–Kier alpha value is -2.19. The number of fused-ring (bicyclic) bond motifs is 2. The van der Waals surface area contributed by atoms with Crippen LogP contribution in [0.5, 0.6) is 0 Å². The van der Waals surface area contributed by atoms with Gasteiger partial charge in [-0.15, -0.1) is 0 Å². The molecule has 1 N–H and O–H groups in total. The second-order valence-electron chi connectivity index (χ2n) is 12.3. The second-order valence-corrected chi connectivity index (χ2v) is 12.3. The quantitative estimate of drug-likeness (QED) is 0.482. The standard InChI is InChI=1S/C27H40N2O6/c1-17(15-30)29-21-23(32)28(26(5,6)16-25(2,3)4)13-10-12-27(21)20(22(29)31)19-18(35-27)11-8-7-9-14-34-24(19)33/h8,10-12,17-21,30H,7,9,13-16H2,1-6H3/b11-8-/t17-,18+,19-,20+,21?,27+/m1/s1. The fourth-order valence-corrected chi connectivity index (χ4v) is 6.69. The topological polar surface area (TPSA) is 96.4 Å². The van der Waals surface area contributed by atoms with Crippen LogP contribution in [0, 0.1) is 17.3 Å². The fourth-order valence-electron chi connectivity index (χ4n) is 6.69. The first-order valence-electron chi connectivity index (χ1n) is 12.8. The van der Waals surface area contributed by atoms with Crippen LogP contribution in [-0.2, 0) is 23.9 Å². The first-order chi connectivity index (χ1) is 16.3. The maximum Gasteiger partial charge on any atom is 0.312 e. The predicted molar refractivity (Wildman–Crippen MR) is 130 cm³/mol. The molecule has 0 aromatic carbocycles. The van der Waals surface area contributed by atoms with Crippen molar-refractivity contribution in [1.82, 2.24) is 9.80 Å². The van der Waals surface area contributed by atoms with Gasteiger partial charge in [-0.2, -0.15) is 0 Å². The van der Waals surface area contributed by atoms with Crippen LogP contribution in [0.15, 0.2) is 24.3 Å². The van der Waals surface area contributed by atoms with Crippen LogP contribution < -0.4 is 0 Å². The van der Waals surface area contributed by atoms with E-state index in [9.17, 15) is 19.5 Å². The van der Waals surface area contributed by atoms with Crippen LogP contribution in [0.3, 0.4) is 0 Å². The number of carbonyl (C=O) groups is 3. The number of aliphatic hydroxyl groups excluding tert-OH is 1. The third-order valence-electron chi connectivity index (χ3n) is 7.72. The van der Waals surface area contributed by atoms with E-state index in [-0.39, 0.29) is 30.4 Å². The Morgan fingerprint density at radius 1 is 1.14 bits per heavy atom. The van der Waals surface area contributed by atoms with Crippen LogP contribution in [0.4, 0.5) is 0 Å². The van der Waals surface area contributed by atoms with Crippen molar-refractivity contribution >= 4 is 17.8 Å². The largest absolute Gasteiger partial charge is 0.465 e. The molecule has 0 saturated carbocycles. The summed E-state index contributed by atoms with van der Waals surface area (Å²) >= 11 is 0. The molecule has 194 valence electrons. The Bertz CT molecular complexity index is 934. The van der Waals surface area contributed by atoms with Crippen molar-refractivity contribution in [3.8, 4) is 0 Å². The number of hydrogen-bond donors (Lipinski definition) is 1. The first kappa shape index (κ1) is 25.9. The van der Waals surface area contributed by atoms with E-state index < -0.39 is 47.1 Å². The van der Waals surface area contributed by atoms with Crippen molar-refractivity contribution in [2.24, 2.45) is 17.3 Å². The van der Waals surface area contributed by atoms with Gasteiger partial charge >= 0.3 is 5.97 Å². The highest BCUT2D eigenvalue weighted by Crippen LogP contribution is 2.54. The Morgan fingerprint density at radius 3 is 2.51 bits per heavy atom. The normalized spacial score (nSPS) is 35.3. The lowest BCUT2D eigenvalue weighted by Crippen LogP contribution is -2.61. The Morgan fingerprint density at radius 2 is 1.86 bits per heavy atom. The monoisotopic (exact) mass is 488 g/mol. The van der Waals surface area contributed by atoms with Crippen LogP contribution >= 0.6 is 0 Å². The van der Waals surface area contributed by atoms with Gasteiger partial charge in [0.05, 0.1) is 31.3 Å². The summed E-state index contributed by atoms with van der Waals surface area (Å²) in [6.07, 6.45) is 9.09. The number of likely N-dealkylation sites (tertiary alicyclic amines) is 1. The van der Waals surface area contributed by atoms with Gasteiger partial charge < -0.3 is 24.4 Å². The summed E-state index contributed by atoms with van der Waals surface area (Å²) in [5.41, 5.74) is -1.81. The van der Waals surface area contributed by atoms with Crippen LogP contribution in [-0.4, -0.2) is 81.8 Å². The minimum absolute atomic E-state index is 0.0219. The zero-order valence-electron chi connectivity index (χ0n) is 21.8. The van der Waals surface area contributed by atoms with Crippen molar-refractivity contribution in [2.75, 3.05) is 19.8 Å². The van der Waals surface area contributed by atoms with Crippen LogP contribution in [0.1, 0.15) is 60.8 Å². The molecule has 2 saturated heterocycles. The molecule has 4 aliphatic rings. The highest BCUT2D eigenvalue weighted by Gasteiger charge is 2.72. The molecule has 1 spiro atoms. The molecule has 0 radical (unpaired) electrons. The third kappa shape index (κ3) is 4.33. The van der Waals surface area contributed by atoms with Crippen molar-refractivity contribution in [1.29, 1.82) is 0 Å².